The zero-order valence-electron chi connectivity index (χ0n) is 9.32. The van der Waals surface area contributed by atoms with Gasteiger partial charge in [-0.2, -0.15) is 0 Å². The number of carboxylic acid groups (broad SMARTS) is 1. The van der Waals surface area contributed by atoms with Gasteiger partial charge in [0.25, 0.3) is 0 Å². The minimum Gasteiger partial charge on any atom is -0.479 e. The molecule has 0 amide bonds. The summed E-state index contributed by atoms with van der Waals surface area (Å²) in [5.41, 5.74) is -1.67. The van der Waals surface area contributed by atoms with E-state index in [-0.39, 0.29) is 6.54 Å². The minimum atomic E-state index is -1.67. The summed E-state index contributed by atoms with van der Waals surface area (Å²) in [4.78, 5) is 14.4. The van der Waals surface area contributed by atoms with Crippen molar-refractivity contribution in [2.75, 3.05) is 40.8 Å². The van der Waals surface area contributed by atoms with E-state index in [2.05, 4.69) is 0 Å². The van der Waals surface area contributed by atoms with Gasteiger partial charge in [0.15, 0.2) is 5.60 Å². The highest BCUT2D eigenvalue weighted by atomic mass is 16.4. The first-order chi connectivity index (χ1) is 6.25. The maximum atomic E-state index is 10.6. The van der Waals surface area contributed by atoms with Crippen LogP contribution in [0, 0.1) is 0 Å². The molecule has 0 radical (unpaired) electrons. The molecule has 0 fully saturated rings. The van der Waals surface area contributed by atoms with E-state index in [9.17, 15) is 9.90 Å². The number of hydrogen-bond donors (Lipinski definition) is 2. The smallest absolute Gasteiger partial charge is 0.336 e. The van der Waals surface area contributed by atoms with Crippen LogP contribution in [-0.4, -0.2) is 72.4 Å². The summed E-state index contributed by atoms with van der Waals surface area (Å²) in [6.45, 7) is 3.01. The van der Waals surface area contributed by atoms with Gasteiger partial charge in [0.05, 0.1) is 0 Å². The molecule has 0 aliphatic heterocycles. The number of aliphatic carboxylic acids is 1. The maximum absolute atomic E-state index is 10.6. The fourth-order valence-corrected chi connectivity index (χ4v) is 1.04. The summed E-state index contributed by atoms with van der Waals surface area (Å²) >= 11 is 0. The molecule has 0 rings (SSSR count). The lowest BCUT2D eigenvalue weighted by atomic mass is 10.1. The van der Waals surface area contributed by atoms with E-state index >= 15 is 0 Å². The van der Waals surface area contributed by atoms with Crippen LogP contribution < -0.4 is 0 Å². The molecule has 0 aromatic heterocycles. The lowest BCUT2D eigenvalue weighted by Crippen LogP contribution is -2.46. The zero-order chi connectivity index (χ0) is 11.4. The molecule has 0 spiro atoms. The Hall–Kier alpha value is -0.650. The molecule has 1 unspecified atom stereocenters. The molecule has 84 valence electrons. The van der Waals surface area contributed by atoms with Crippen LogP contribution >= 0.6 is 0 Å². The van der Waals surface area contributed by atoms with Gasteiger partial charge in [0, 0.05) is 19.6 Å². The quantitative estimate of drug-likeness (QED) is 0.600. The van der Waals surface area contributed by atoms with Crippen LogP contribution in [0.2, 0.25) is 0 Å². The van der Waals surface area contributed by atoms with Crippen molar-refractivity contribution in [3.05, 3.63) is 0 Å². The van der Waals surface area contributed by atoms with Crippen LogP contribution in [-0.2, 0) is 4.79 Å². The van der Waals surface area contributed by atoms with Crippen molar-refractivity contribution in [3.8, 4) is 0 Å². The molecule has 0 aliphatic carbocycles. The molecule has 0 saturated heterocycles. The average molecular weight is 204 g/mol. The number of likely N-dealkylation sites (N-methyl/N-ethyl adjacent to an activating group) is 2. The van der Waals surface area contributed by atoms with Crippen LogP contribution in [0.25, 0.3) is 0 Å². The fraction of sp³-hybridized carbons (Fsp3) is 0.889. The third-order valence-corrected chi connectivity index (χ3v) is 1.97. The first-order valence-electron chi connectivity index (χ1n) is 4.55. The second-order valence-corrected chi connectivity index (χ2v) is 4.12. The predicted octanol–water partition coefficient (Wildman–Crippen LogP) is -0.685. The van der Waals surface area contributed by atoms with Crippen LogP contribution in [0.4, 0.5) is 0 Å². The number of hydrogen-bond acceptors (Lipinski definition) is 4. The van der Waals surface area contributed by atoms with E-state index in [0.717, 1.165) is 13.1 Å². The number of aliphatic hydroxyl groups is 1. The molecule has 14 heavy (non-hydrogen) atoms. The SMILES string of the molecule is CN(C)CCN(C)CC(C)(O)C(=O)O. The zero-order valence-corrected chi connectivity index (χ0v) is 9.32. The van der Waals surface area contributed by atoms with E-state index < -0.39 is 11.6 Å². The lowest BCUT2D eigenvalue weighted by Gasteiger charge is -2.26. The van der Waals surface area contributed by atoms with E-state index in [0.29, 0.717) is 0 Å². The number of carboxylic acids is 1. The lowest BCUT2D eigenvalue weighted by molar-refractivity contribution is -0.158. The van der Waals surface area contributed by atoms with Crippen molar-refractivity contribution in [2.24, 2.45) is 0 Å². The van der Waals surface area contributed by atoms with E-state index in [1.165, 1.54) is 6.92 Å². The third kappa shape index (κ3) is 5.16. The number of nitrogens with zero attached hydrogens (tertiary/aromatic N) is 2. The molecule has 1 atom stereocenters. The Balaban J connectivity index is 3.93. The first kappa shape index (κ1) is 13.4. The Morgan fingerprint density at radius 3 is 2.14 bits per heavy atom. The van der Waals surface area contributed by atoms with Crippen molar-refractivity contribution >= 4 is 5.97 Å². The van der Waals surface area contributed by atoms with Crippen molar-refractivity contribution in [2.45, 2.75) is 12.5 Å². The Labute approximate surface area is 84.9 Å². The maximum Gasteiger partial charge on any atom is 0.336 e. The van der Waals surface area contributed by atoms with Gasteiger partial charge < -0.3 is 20.0 Å². The highest BCUT2D eigenvalue weighted by Gasteiger charge is 2.30. The third-order valence-electron chi connectivity index (χ3n) is 1.97. The summed E-state index contributed by atoms with van der Waals surface area (Å²) in [5.74, 6) is -1.19. The summed E-state index contributed by atoms with van der Waals surface area (Å²) < 4.78 is 0. The molecule has 0 aromatic rings. The molecular formula is C9H20N2O3. The van der Waals surface area contributed by atoms with Crippen LogP contribution in [0.5, 0.6) is 0 Å². The van der Waals surface area contributed by atoms with Gasteiger partial charge in [0.1, 0.15) is 0 Å². The molecule has 0 saturated carbocycles. The summed E-state index contributed by atoms with van der Waals surface area (Å²) in [5, 5.41) is 18.2. The predicted molar refractivity (Wildman–Crippen MR) is 54.3 cm³/mol. The van der Waals surface area contributed by atoms with Gasteiger partial charge in [-0.1, -0.05) is 0 Å². The standard InChI is InChI=1S/C9H20N2O3/c1-9(14,8(12)13)7-11(4)6-5-10(2)3/h14H,5-7H2,1-4H3,(H,12,13). The first-order valence-corrected chi connectivity index (χ1v) is 4.55. The van der Waals surface area contributed by atoms with E-state index in [4.69, 9.17) is 5.11 Å². The molecule has 5 nitrogen and oxygen atoms in total. The molecule has 5 heteroatoms. The fourth-order valence-electron chi connectivity index (χ4n) is 1.04. The normalized spacial score (nSPS) is 15.9. The van der Waals surface area contributed by atoms with Crippen molar-refractivity contribution in [3.63, 3.8) is 0 Å². The molecule has 2 N–H and O–H groups in total. The van der Waals surface area contributed by atoms with Gasteiger partial charge in [-0.15, -0.1) is 0 Å². The summed E-state index contributed by atoms with van der Waals surface area (Å²) in [6.07, 6.45) is 0. The Kier molecular flexibility index (Phi) is 5.04. The van der Waals surface area contributed by atoms with Crippen LogP contribution in [0.3, 0.4) is 0 Å². The molecule has 0 heterocycles. The molecule has 0 aromatic carbocycles. The summed E-state index contributed by atoms with van der Waals surface area (Å²) in [6, 6.07) is 0. The Bertz CT molecular complexity index is 192. The van der Waals surface area contributed by atoms with E-state index in [1.54, 1.807) is 11.9 Å². The molecule has 0 aliphatic rings. The topological polar surface area (TPSA) is 64.0 Å². The highest BCUT2D eigenvalue weighted by Crippen LogP contribution is 2.04. The van der Waals surface area contributed by atoms with Gasteiger partial charge in [-0.3, -0.25) is 0 Å². The van der Waals surface area contributed by atoms with E-state index in [1.807, 2.05) is 19.0 Å². The number of rotatable bonds is 6. The van der Waals surface area contributed by atoms with Gasteiger partial charge in [0.2, 0.25) is 0 Å². The van der Waals surface area contributed by atoms with Gasteiger partial charge in [-0.05, 0) is 28.1 Å². The second-order valence-electron chi connectivity index (χ2n) is 4.12. The Morgan fingerprint density at radius 2 is 1.79 bits per heavy atom. The molecular weight excluding hydrogens is 184 g/mol. The average Bonchev–Trinajstić information content (AvgIpc) is 1.99. The van der Waals surface area contributed by atoms with Crippen LogP contribution in [0.15, 0.2) is 0 Å². The largest absolute Gasteiger partial charge is 0.479 e. The number of carbonyl (C=O) groups is 1. The van der Waals surface area contributed by atoms with Gasteiger partial charge in [-0.25, -0.2) is 4.79 Å². The van der Waals surface area contributed by atoms with Crippen LogP contribution in [0.1, 0.15) is 6.92 Å². The van der Waals surface area contributed by atoms with Crippen molar-refractivity contribution < 1.29 is 15.0 Å². The summed E-state index contributed by atoms with van der Waals surface area (Å²) in [7, 11) is 5.69. The van der Waals surface area contributed by atoms with Crippen molar-refractivity contribution in [1.82, 2.24) is 9.80 Å². The van der Waals surface area contributed by atoms with Crippen molar-refractivity contribution in [1.29, 1.82) is 0 Å². The minimum absolute atomic E-state index is 0.135. The Morgan fingerprint density at radius 1 is 1.29 bits per heavy atom. The van der Waals surface area contributed by atoms with Gasteiger partial charge >= 0.3 is 5.97 Å². The highest BCUT2D eigenvalue weighted by molar-refractivity contribution is 5.76. The second kappa shape index (κ2) is 5.29. The molecule has 0 bridgehead atoms. The monoisotopic (exact) mass is 204 g/mol.